The summed E-state index contributed by atoms with van der Waals surface area (Å²) in [6.45, 7) is 0. The van der Waals surface area contributed by atoms with Crippen molar-refractivity contribution in [1.82, 2.24) is 0 Å². The van der Waals surface area contributed by atoms with Crippen LogP contribution in [0.1, 0.15) is 11.1 Å². The molecule has 100 valence electrons. The lowest BCUT2D eigenvalue weighted by Crippen LogP contribution is -1.94. The van der Waals surface area contributed by atoms with E-state index >= 15 is 0 Å². The first-order valence-electron chi connectivity index (χ1n) is 5.97. The molecule has 2 aromatic carbocycles. The molecule has 0 saturated carbocycles. The number of carbonyl (C=O) groups excluding carboxylic acids is 1. The number of hydrogen-bond donors (Lipinski definition) is 0. The fraction of sp³-hybridized carbons (Fsp3) is 0. The van der Waals surface area contributed by atoms with Gasteiger partial charge in [0, 0.05) is 11.1 Å². The second-order valence-corrected chi connectivity index (χ2v) is 4.38. The molecule has 0 aromatic heterocycles. The van der Waals surface area contributed by atoms with Crippen LogP contribution in [0.15, 0.2) is 65.8 Å². The Labute approximate surface area is 122 Å². The first kappa shape index (κ1) is 14.0. The number of halogens is 1. The summed E-state index contributed by atoms with van der Waals surface area (Å²) in [5.41, 5.74) is 1.72. The number of benzene rings is 2. The lowest BCUT2D eigenvalue weighted by atomic mass is 10.2. The summed E-state index contributed by atoms with van der Waals surface area (Å²) in [5.74, 6) is -0.529. The van der Waals surface area contributed by atoms with E-state index in [1.54, 1.807) is 30.3 Å². The van der Waals surface area contributed by atoms with Crippen molar-refractivity contribution in [1.29, 1.82) is 0 Å². The van der Waals surface area contributed by atoms with Crippen LogP contribution >= 0.6 is 11.6 Å². The molecule has 0 aliphatic carbocycles. The molecule has 0 aliphatic heterocycles. The Kier molecular flexibility index (Phi) is 5.09. The standard InChI is InChI=1S/C16H12ClNO2/c17-15-9-6-14(7-10-15)12-18-20-16(19)11-8-13-4-2-1-3-5-13/h1-12H/b11-8+,18-12+. The van der Waals surface area contributed by atoms with E-state index in [0.717, 1.165) is 11.1 Å². The average molecular weight is 286 g/mol. The molecule has 3 nitrogen and oxygen atoms in total. The molecule has 4 heteroatoms. The van der Waals surface area contributed by atoms with Gasteiger partial charge in [0.2, 0.25) is 0 Å². The van der Waals surface area contributed by atoms with Crippen LogP contribution in [0.2, 0.25) is 5.02 Å². The number of carbonyl (C=O) groups is 1. The number of hydrogen-bond acceptors (Lipinski definition) is 3. The Morgan fingerprint density at radius 2 is 1.70 bits per heavy atom. The van der Waals surface area contributed by atoms with Crippen LogP contribution in [0, 0.1) is 0 Å². The molecule has 2 rings (SSSR count). The minimum Gasteiger partial charge on any atom is -0.313 e. The summed E-state index contributed by atoms with van der Waals surface area (Å²) in [6, 6.07) is 16.5. The molecule has 0 radical (unpaired) electrons. The van der Waals surface area contributed by atoms with Gasteiger partial charge in [-0.1, -0.05) is 59.2 Å². The van der Waals surface area contributed by atoms with Gasteiger partial charge in [-0.15, -0.1) is 0 Å². The van der Waals surface area contributed by atoms with Crippen molar-refractivity contribution < 1.29 is 9.63 Å². The van der Waals surface area contributed by atoms with Crippen molar-refractivity contribution in [2.45, 2.75) is 0 Å². The predicted octanol–water partition coefficient (Wildman–Crippen LogP) is 3.93. The lowest BCUT2D eigenvalue weighted by molar-refractivity contribution is -0.137. The Bertz CT molecular complexity index is 619. The Balaban J connectivity index is 1.86. The zero-order valence-electron chi connectivity index (χ0n) is 10.6. The van der Waals surface area contributed by atoms with Crippen molar-refractivity contribution in [3.63, 3.8) is 0 Å². The third kappa shape index (κ3) is 4.71. The SMILES string of the molecule is O=C(/C=C/c1ccccc1)O/N=C/c1ccc(Cl)cc1. The van der Waals surface area contributed by atoms with Crippen molar-refractivity contribution in [2.24, 2.45) is 5.16 Å². The number of rotatable bonds is 4. The second-order valence-electron chi connectivity index (χ2n) is 3.94. The maximum Gasteiger partial charge on any atom is 0.358 e. The van der Waals surface area contributed by atoms with Gasteiger partial charge in [-0.2, -0.15) is 0 Å². The summed E-state index contributed by atoms with van der Waals surface area (Å²) in [6.07, 6.45) is 4.44. The monoisotopic (exact) mass is 285 g/mol. The van der Waals surface area contributed by atoms with Crippen LogP contribution in [-0.4, -0.2) is 12.2 Å². The van der Waals surface area contributed by atoms with E-state index in [4.69, 9.17) is 16.4 Å². The summed E-state index contributed by atoms with van der Waals surface area (Å²) >= 11 is 5.76. The van der Waals surface area contributed by atoms with Gasteiger partial charge in [0.1, 0.15) is 0 Å². The fourth-order valence-corrected chi connectivity index (χ4v) is 1.57. The topological polar surface area (TPSA) is 38.7 Å². The molecule has 0 saturated heterocycles. The fourth-order valence-electron chi connectivity index (χ4n) is 1.45. The van der Waals surface area contributed by atoms with Gasteiger partial charge < -0.3 is 4.84 Å². The number of nitrogens with zero attached hydrogens (tertiary/aromatic N) is 1. The predicted molar refractivity (Wildman–Crippen MR) is 80.6 cm³/mol. The summed E-state index contributed by atoms with van der Waals surface area (Å²) < 4.78 is 0. The van der Waals surface area contributed by atoms with Crippen molar-refractivity contribution in [3.05, 3.63) is 76.8 Å². The molecular weight excluding hydrogens is 274 g/mol. The highest BCUT2D eigenvalue weighted by atomic mass is 35.5. The molecule has 0 heterocycles. The van der Waals surface area contributed by atoms with Crippen LogP contribution in [0.3, 0.4) is 0 Å². The second kappa shape index (κ2) is 7.26. The number of oxime groups is 1. The smallest absolute Gasteiger partial charge is 0.313 e. The van der Waals surface area contributed by atoms with Gasteiger partial charge in [0.05, 0.1) is 6.21 Å². The molecule has 0 amide bonds. The Morgan fingerprint density at radius 3 is 2.40 bits per heavy atom. The Morgan fingerprint density at radius 1 is 1.00 bits per heavy atom. The highest BCUT2D eigenvalue weighted by Gasteiger charge is 1.95. The van der Waals surface area contributed by atoms with Gasteiger partial charge >= 0.3 is 5.97 Å². The first-order chi connectivity index (χ1) is 9.74. The van der Waals surface area contributed by atoms with E-state index in [1.165, 1.54) is 12.3 Å². The molecule has 20 heavy (non-hydrogen) atoms. The minimum atomic E-state index is -0.529. The highest BCUT2D eigenvalue weighted by molar-refractivity contribution is 6.30. The van der Waals surface area contributed by atoms with Crippen LogP contribution < -0.4 is 0 Å². The van der Waals surface area contributed by atoms with E-state index in [-0.39, 0.29) is 0 Å². The van der Waals surface area contributed by atoms with Gasteiger partial charge in [0.25, 0.3) is 0 Å². The van der Waals surface area contributed by atoms with E-state index in [1.807, 2.05) is 30.3 Å². The third-order valence-corrected chi connectivity index (χ3v) is 2.68. The van der Waals surface area contributed by atoms with Crippen molar-refractivity contribution in [2.75, 3.05) is 0 Å². The van der Waals surface area contributed by atoms with Gasteiger partial charge in [-0.05, 0) is 29.3 Å². The minimum absolute atomic E-state index is 0.529. The molecule has 0 fully saturated rings. The van der Waals surface area contributed by atoms with Crippen molar-refractivity contribution >= 4 is 29.9 Å². The first-order valence-corrected chi connectivity index (χ1v) is 6.35. The molecule has 0 atom stereocenters. The van der Waals surface area contributed by atoms with Gasteiger partial charge in [-0.25, -0.2) is 4.79 Å². The molecule has 0 N–H and O–H groups in total. The molecule has 0 bridgehead atoms. The third-order valence-electron chi connectivity index (χ3n) is 2.43. The summed E-state index contributed by atoms with van der Waals surface area (Å²) in [4.78, 5) is 16.1. The maximum atomic E-state index is 11.4. The zero-order valence-corrected chi connectivity index (χ0v) is 11.3. The molecule has 0 spiro atoms. The van der Waals surface area contributed by atoms with E-state index in [0.29, 0.717) is 5.02 Å². The zero-order chi connectivity index (χ0) is 14.2. The lowest BCUT2D eigenvalue weighted by Gasteiger charge is -1.94. The van der Waals surface area contributed by atoms with E-state index in [2.05, 4.69) is 5.16 Å². The normalized spacial score (nSPS) is 11.1. The van der Waals surface area contributed by atoms with Crippen LogP contribution in [-0.2, 0) is 9.63 Å². The largest absolute Gasteiger partial charge is 0.358 e. The average Bonchev–Trinajstić information content (AvgIpc) is 2.48. The Hall–Kier alpha value is -2.39. The quantitative estimate of drug-likeness (QED) is 0.369. The van der Waals surface area contributed by atoms with E-state index < -0.39 is 5.97 Å². The van der Waals surface area contributed by atoms with Gasteiger partial charge in [-0.3, -0.25) is 0 Å². The highest BCUT2D eigenvalue weighted by Crippen LogP contribution is 2.08. The molecule has 2 aromatic rings. The van der Waals surface area contributed by atoms with Gasteiger partial charge in [0.15, 0.2) is 0 Å². The van der Waals surface area contributed by atoms with E-state index in [9.17, 15) is 4.79 Å². The summed E-state index contributed by atoms with van der Waals surface area (Å²) in [5, 5.41) is 4.26. The summed E-state index contributed by atoms with van der Waals surface area (Å²) in [7, 11) is 0. The maximum absolute atomic E-state index is 11.4. The van der Waals surface area contributed by atoms with Crippen LogP contribution in [0.5, 0.6) is 0 Å². The molecular formula is C16H12ClNO2. The van der Waals surface area contributed by atoms with Crippen molar-refractivity contribution in [3.8, 4) is 0 Å². The molecule has 0 aliphatic rings. The molecule has 0 unspecified atom stereocenters. The van der Waals surface area contributed by atoms with Crippen LogP contribution in [0.25, 0.3) is 6.08 Å². The van der Waals surface area contributed by atoms with Crippen LogP contribution in [0.4, 0.5) is 0 Å².